The van der Waals surface area contributed by atoms with Crippen LogP contribution in [-0.4, -0.2) is 41.4 Å². The second-order valence-electron chi connectivity index (χ2n) is 5.96. The van der Waals surface area contributed by atoms with Gasteiger partial charge in [-0.1, -0.05) is 46.5 Å². The number of hydrogen-bond donors (Lipinski definition) is 2. The number of carbonyl (C=O) groups is 3. The first kappa shape index (κ1) is 18.5. The van der Waals surface area contributed by atoms with E-state index in [1.165, 1.54) is 0 Å². The normalized spacial score (nSPS) is 16.8. The van der Waals surface area contributed by atoms with E-state index in [2.05, 4.69) is 17.6 Å². The first-order chi connectivity index (χ1) is 10.5. The zero-order valence-electron chi connectivity index (χ0n) is 14.0. The molecular weight excluding hydrogens is 282 g/mol. The number of imide groups is 1. The highest BCUT2D eigenvalue weighted by Crippen LogP contribution is 2.27. The Bertz CT molecular complexity index is 403. The number of unbranched alkanes of at least 4 members (excludes halogenated alkanes) is 2. The molecule has 0 bridgehead atoms. The Balaban J connectivity index is 2.62. The molecule has 1 aliphatic rings. The Morgan fingerprint density at radius 3 is 2.27 bits per heavy atom. The van der Waals surface area contributed by atoms with E-state index < -0.39 is 11.6 Å². The third kappa shape index (κ3) is 4.45. The molecule has 1 aliphatic heterocycles. The summed E-state index contributed by atoms with van der Waals surface area (Å²) in [6, 6.07) is -0.449. The van der Waals surface area contributed by atoms with E-state index in [0.29, 0.717) is 19.4 Å². The van der Waals surface area contributed by atoms with Gasteiger partial charge in [0.2, 0.25) is 5.91 Å². The van der Waals surface area contributed by atoms with E-state index in [-0.39, 0.29) is 18.4 Å². The van der Waals surface area contributed by atoms with Crippen LogP contribution < -0.4 is 10.6 Å². The van der Waals surface area contributed by atoms with Gasteiger partial charge in [0.1, 0.15) is 12.1 Å². The average molecular weight is 311 g/mol. The molecule has 0 aromatic heterocycles. The third-order valence-electron chi connectivity index (χ3n) is 4.00. The lowest BCUT2D eigenvalue weighted by molar-refractivity contribution is -0.135. The van der Waals surface area contributed by atoms with Gasteiger partial charge in [-0.25, -0.2) is 4.79 Å². The van der Waals surface area contributed by atoms with Crippen LogP contribution in [0.3, 0.4) is 0 Å². The molecule has 6 heteroatoms. The molecule has 126 valence electrons. The lowest BCUT2D eigenvalue weighted by Gasteiger charge is -2.25. The molecule has 1 heterocycles. The molecular formula is C16H29N3O3. The van der Waals surface area contributed by atoms with E-state index in [1.807, 2.05) is 13.8 Å². The van der Waals surface area contributed by atoms with Gasteiger partial charge in [0.15, 0.2) is 0 Å². The summed E-state index contributed by atoms with van der Waals surface area (Å²) in [4.78, 5) is 37.6. The summed E-state index contributed by atoms with van der Waals surface area (Å²) < 4.78 is 0. The van der Waals surface area contributed by atoms with Crippen molar-refractivity contribution >= 4 is 17.8 Å². The highest BCUT2D eigenvalue weighted by atomic mass is 16.2. The first-order valence-electron chi connectivity index (χ1n) is 8.41. The molecule has 0 aliphatic carbocycles. The lowest BCUT2D eigenvalue weighted by atomic mass is 9.88. The van der Waals surface area contributed by atoms with Gasteiger partial charge in [-0.05, 0) is 19.3 Å². The van der Waals surface area contributed by atoms with Gasteiger partial charge in [-0.3, -0.25) is 14.5 Å². The zero-order valence-corrected chi connectivity index (χ0v) is 14.0. The van der Waals surface area contributed by atoms with Gasteiger partial charge in [0.25, 0.3) is 5.91 Å². The van der Waals surface area contributed by atoms with Crippen LogP contribution in [0.25, 0.3) is 0 Å². The minimum atomic E-state index is -0.816. The Hall–Kier alpha value is -1.59. The molecule has 0 spiro atoms. The Morgan fingerprint density at radius 1 is 1.09 bits per heavy atom. The van der Waals surface area contributed by atoms with Gasteiger partial charge in [-0.2, -0.15) is 0 Å². The highest BCUT2D eigenvalue weighted by molar-refractivity contribution is 6.09. The second kappa shape index (κ2) is 8.76. The van der Waals surface area contributed by atoms with E-state index in [9.17, 15) is 14.4 Å². The number of nitrogens with one attached hydrogen (secondary N) is 2. The van der Waals surface area contributed by atoms with Crippen molar-refractivity contribution in [2.24, 2.45) is 0 Å². The summed E-state index contributed by atoms with van der Waals surface area (Å²) in [6.07, 6.45) is 5.89. The molecule has 6 nitrogen and oxygen atoms in total. The summed E-state index contributed by atoms with van der Waals surface area (Å²) in [5.41, 5.74) is -0.816. The topological polar surface area (TPSA) is 78.5 Å². The largest absolute Gasteiger partial charge is 0.355 e. The van der Waals surface area contributed by atoms with Crippen molar-refractivity contribution in [3.8, 4) is 0 Å². The average Bonchev–Trinajstić information content (AvgIpc) is 2.69. The number of urea groups is 1. The minimum absolute atomic E-state index is 0.189. The van der Waals surface area contributed by atoms with Crippen molar-refractivity contribution in [1.29, 1.82) is 0 Å². The maximum absolute atomic E-state index is 12.6. The predicted octanol–water partition coefficient (Wildman–Crippen LogP) is 2.18. The molecule has 0 aromatic rings. The molecule has 1 saturated heterocycles. The monoisotopic (exact) mass is 311 g/mol. The van der Waals surface area contributed by atoms with Crippen molar-refractivity contribution in [1.82, 2.24) is 15.5 Å². The summed E-state index contributed by atoms with van der Waals surface area (Å²) in [5.74, 6) is -0.534. The quantitative estimate of drug-likeness (QED) is 0.479. The van der Waals surface area contributed by atoms with Crippen LogP contribution in [0.1, 0.15) is 65.7 Å². The minimum Gasteiger partial charge on any atom is -0.355 e. The number of rotatable bonds is 10. The van der Waals surface area contributed by atoms with Gasteiger partial charge in [0.05, 0.1) is 0 Å². The van der Waals surface area contributed by atoms with Gasteiger partial charge in [0, 0.05) is 6.54 Å². The second-order valence-corrected chi connectivity index (χ2v) is 5.96. The van der Waals surface area contributed by atoms with Gasteiger partial charge >= 0.3 is 6.03 Å². The summed E-state index contributed by atoms with van der Waals surface area (Å²) in [6.45, 7) is 6.47. The van der Waals surface area contributed by atoms with Crippen LogP contribution in [-0.2, 0) is 9.59 Å². The third-order valence-corrected chi connectivity index (χ3v) is 4.00. The summed E-state index contributed by atoms with van der Waals surface area (Å²) >= 11 is 0. The lowest BCUT2D eigenvalue weighted by Crippen LogP contribution is -2.47. The fraction of sp³-hybridized carbons (Fsp3) is 0.812. The van der Waals surface area contributed by atoms with Crippen LogP contribution >= 0.6 is 0 Å². The van der Waals surface area contributed by atoms with Crippen molar-refractivity contribution in [2.75, 3.05) is 13.1 Å². The molecule has 22 heavy (non-hydrogen) atoms. The van der Waals surface area contributed by atoms with Crippen molar-refractivity contribution in [3.05, 3.63) is 0 Å². The number of amides is 4. The maximum Gasteiger partial charge on any atom is 0.325 e. The smallest absolute Gasteiger partial charge is 0.325 e. The van der Waals surface area contributed by atoms with Crippen LogP contribution in [0.15, 0.2) is 0 Å². The molecule has 0 saturated carbocycles. The molecule has 1 rings (SSSR count). The van der Waals surface area contributed by atoms with Crippen LogP contribution in [0, 0.1) is 0 Å². The molecule has 4 amide bonds. The van der Waals surface area contributed by atoms with E-state index in [1.54, 1.807) is 0 Å². The van der Waals surface area contributed by atoms with E-state index in [4.69, 9.17) is 0 Å². The number of hydrogen-bond acceptors (Lipinski definition) is 3. The van der Waals surface area contributed by atoms with Crippen molar-refractivity contribution in [2.45, 2.75) is 71.3 Å². The summed E-state index contributed by atoms with van der Waals surface area (Å²) in [7, 11) is 0. The maximum atomic E-state index is 12.6. The number of carbonyl (C=O) groups excluding carboxylic acids is 3. The summed E-state index contributed by atoms with van der Waals surface area (Å²) in [5, 5.41) is 5.57. The predicted molar refractivity (Wildman–Crippen MR) is 85.3 cm³/mol. The van der Waals surface area contributed by atoms with E-state index >= 15 is 0 Å². The van der Waals surface area contributed by atoms with Crippen LogP contribution in [0.5, 0.6) is 0 Å². The first-order valence-corrected chi connectivity index (χ1v) is 8.41. The Morgan fingerprint density at radius 2 is 1.73 bits per heavy atom. The fourth-order valence-corrected chi connectivity index (χ4v) is 2.94. The fourth-order valence-electron chi connectivity index (χ4n) is 2.94. The Labute approximate surface area is 133 Å². The number of nitrogens with zero attached hydrogens (tertiary/aromatic N) is 1. The molecule has 0 radical (unpaired) electrons. The highest BCUT2D eigenvalue weighted by Gasteiger charge is 2.50. The van der Waals surface area contributed by atoms with Gasteiger partial charge < -0.3 is 10.6 Å². The van der Waals surface area contributed by atoms with Crippen molar-refractivity contribution < 1.29 is 14.4 Å². The zero-order chi connectivity index (χ0) is 16.6. The standard InChI is InChI=1S/C16H29N3O3/c1-4-7-8-11-17-13(20)12-19-14(21)16(9-5-2,10-6-3)18-15(19)22/h4-12H2,1-3H3,(H,17,20)(H,18,22). The molecule has 2 N–H and O–H groups in total. The SMILES string of the molecule is CCCCCNC(=O)CN1C(=O)NC(CCC)(CCC)C1=O. The Kier molecular flexibility index (Phi) is 7.35. The molecule has 0 unspecified atom stereocenters. The van der Waals surface area contributed by atoms with Gasteiger partial charge in [-0.15, -0.1) is 0 Å². The molecule has 0 aromatic carbocycles. The van der Waals surface area contributed by atoms with Crippen molar-refractivity contribution in [3.63, 3.8) is 0 Å². The van der Waals surface area contributed by atoms with Crippen LogP contribution in [0.4, 0.5) is 4.79 Å². The molecule has 0 atom stereocenters. The van der Waals surface area contributed by atoms with E-state index in [0.717, 1.165) is 37.0 Å². The molecule has 1 fully saturated rings. The van der Waals surface area contributed by atoms with Crippen LogP contribution in [0.2, 0.25) is 0 Å².